The molecule has 0 heterocycles. The highest BCUT2D eigenvalue weighted by Crippen LogP contribution is 2.44. The van der Waals surface area contributed by atoms with Crippen molar-refractivity contribution in [1.29, 1.82) is 0 Å². The Morgan fingerprint density at radius 3 is 1.25 bits per heavy atom. The molecular weight excluding hydrogens is 790 g/mol. The standard InChI is InChI=1S/C46H73NO14/c1-4-6-11-39(5-2)45(48)60-37-36-59-35-34-58-33-32-57-31-30-56-29-28-55-27-26-54-25-24-53-23-22-52-21-20-51-19-18-50-17-16-47(3)46(49)61-38-44-42-14-9-7-12-40(42)41-13-8-10-15-43(41)44/h7-10,12-15,39,44H,4-6,11,16-38H2,1-3H3. The van der Waals surface area contributed by atoms with Gasteiger partial charge in [0.2, 0.25) is 0 Å². The Morgan fingerprint density at radius 2 is 0.869 bits per heavy atom. The molecule has 0 saturated heterocycles. The summed E-state index contributed by atoms with van der Waals surface area (Å²) in [6.07, 6.45) is 3.45. The van der Waals surface area contributed by atoms with Crippen molar-refractivity contribution in [2.45, 2.75) is 45.4 Å². The number of esters is 1. The number of amides is 1. The second kappa shape index (κ2) is 35.3. The summed E-state index contributed by atoms with van der Waals surface area (Å²) in [5.74, 6) is -0.100. The monoisotopic (exact) mass is 864 g/mol. The van der Waals surface area contributed by atoms with Crippen LogP contribution in [0.3, 0.4) is 0 Å². The van der Waals surface area contributed by atoms with Gasteiger partial charge < -0.3 is 61.7 Å². The SMILES string of the molecule is CCCCC(CC)C(=O)OCCOCCOCCOCCOCCOCCOCCOCCOCCOCCOCCN(C)C(=O)OCC1c2ccccc2-c2ccccc21. The summed E-state index contributed by atoms with van der Waals surface area (Å²) in [7, 11) is 1.71. The van der Waals surface area contributed by atoms with Crippen LogP contribution >= 0.6 is 0 Å². The van der Waals surface area contributed by atoms with E-state index < -0.39 is 0 Å². The molecule has 0 aliphatic heterocycles. The van der Waals surface area contributed by atoms with Crippen LogP contribution in [-0.4, -0.2) is 176 Å². The lowest BCUT2D eigenvalue weighted by atomic mass is 9.98. The maximum Gasteiger partial charge on any atom is 0.409 e. The van der Waals surface area contributed by atoms with Crippen LogP contribution in [0, 0.1) is 5.92 Å². The lowest BCUT2D eigenvalue weighted by molar-refractivity contribution is -0.150. The van der Waals surface area contributed by atoms with Crippen molar-refractivity contribution in [3.63, 3.8) is 0 Å². The second-order valence-electron chi connectivity index (χ2n) is 14.3. The fourth-order valence-corrected chi connectivity index (χ4v) is 6.34. The molecule has 0 bridgehead atoms. The third kappa shape index (κ3) is 23.2. The maximum atomic E-state index is 12.6. The van der Waals surface area contributed by atoms with Crippen molar-refractivity contribution in [2.24, 2.45) is 5.92 Å². The predicted octanol–water partition coefficient (Wildman–Crippen LogP) is 5.79. The van der Waals surface area contributed by atoms with Crippen molar-refractivity contribution in [2.75, 3.05) is 159 Å². The molecule has 0 N–H and O–H groups in total. The summed E-state index contributed by atoms with van der Waals surface area (Å²) < 4.78 is 66.2. The van der Waals surface area contributed by atoms with E-state index in [4.69, 9.17) is 56.8 Å². The number of fused-ring (bicyclic) bond motifs is 3. The van der Waals surface area contributed by atoms with Crippen LogP contribution in [0.25, 0.3) is 11.1 Å². The zero-order chi connectivity index (χ0) is 43.4. The van der Waals surface area contributed by atoms with Crippen LogP contribution in [0.1, 0.15) is 56.6 Å². The van der Waals surface area contributed by atoms with E-state index in [9.17, 15) is 9.59 Å². The van der Waals surface area contributed by atoms with Crippen LogP contribution in [0.5, 0.6) is 0 Å². The smallest absolute Gasteiger partial charge is 0.409 e. The lowest BCUT2D eigenvalue weighted by Gasteiger charge is -2.19. The number of hydrogen-bond donors (Lipinski definition) is 0. The van der Waals surface area contributed by atoms with Crippen molar-refractivity contribution < 1.29 is 66.4 Å². The minimum atomic E-state index is -0.367. The number of nitrogens with zero attached hydrogens (tertiary/aromatic N) is 1. The van der Waals surface area contributed by atoms with Crippen LogP contribution in [0.15, 0.2) is 48.5 Å². The van der Waals surface area contributed by atoms with E-state index in [0.717, 1.165) is 25.7 Å². The van der Waals surface area contributed by atoms with Gasteiger partial charge in [0.15, 0.2) is 0 Å². The molecule has 2 aromatic rings. The number of hydrogen-bond acceptors (Lipinski definition) is 14. The summed E-state index contributed by atoms with van der Waals surface area (Å²) in [6, 6.07) is 16.6. The van der Waals surface area contributed by atoms with Crippen molar-refractivity contribution in [3.05, 3.63) is 59.7 Å². The summed E-state index contributed by atoms with van der Waals surface area (Å²) >= 11 is 0. The Kier molecular flexibility index (Phi) is 30.1. The van der Waals surface area contributed by atoms with Gasteiger partial charge in [0, 0.05) is 19.5 Å². The van der Waals surface area contributed by atoms with Gasteiger partial charge in [0.05, 0.1) is 138 Å². The Labute approximate surface area is 363 Å². The van der Waals surface area contributed by atoms with Crippen LogP contribution < -0.4 is 0 Å². The van der Waals surface area contributed by atoms with E-state index in [1.165, 1.54) is 27.2 Å². The molecule has 61 heavy (non-hydrogen) atoms. The molecule has 3 rings (SSSR count). The zero-order valence-corrected chi connectivity index (χ0v) is 37.0. The zero-order valence-electron chi connectivity index (χ0n) is 37.0. The molecule has 1 unspecified atom stereocenters. The molecule has 0 spiro atoms. The van der Waals surface area contributed by atoms with Gasteiger partial charge in [0.25, 0.3) is 0 Å². The number of benzene rings is 2. The van der Waals surface area contributed by atoms with Crippen LogP contribution in [0.4, 0.5) is 4.79 Å². The van der Waals surface area contributed by atoms with E-state index in [1.54, 1.807) is 7.05 Å². The lowest BCUT2D eigenvalue weighted by Crippen LogP contribution is -2.32. The predicted molar refractivity (Wildman–Crippen MR) is 230 cm³/mol. The molecule has 1 aliphatic rings. The highest BCUT2D eigenvalue weighted by Gasteiger charge is 2.29. The minimum Gasteiger partial charge on any atom is -0.463 e. The van der Waals surface area contributed by atoms with E-state index >= 15 is 0 Å². The molecule has 15 nitrogen and oxygen atoms in total. The molecule has 1 amide bonds. The third-order valence-corrected chi connectivity index (χ3v) is 9.77. The molecule has 1 aliphatic carbocycles. The molecule has 1 atom stereocenters. The van der Waals surface area contributed by atoms with Gasteiger partial charge in [0.1, 0.15) is 13.2 Å². The highest BCUT2D eigenvalue weighted by atomic mass is 16.6. The first-order valence-electron chi connectivity index (χ1n) is 22.1. The van der Waals surface area contributed by atoms with Crippen LogP contribution in [-0.2, 0) is 61.6 Å². The summed E-state index contributed by atoms with van der Waals surface area (Å²) in [6.45, 7) is 14.3. The fourth-order valence-electron chi connectivity index (χ4n) is 6.34. The van der Waals surface area contributed by atoms with E-state index in [0.29, 0.717) is 145 Å². The quantitative estimate of drug-likeness (QED) is 0.0588. The van der Waals surface area contributed by atoms with Gasteiger partial charge in [-0.25, -0.2) is 4.79 Å². The van der Waals surface area contributed by atoms with Gasteiger partial charge in [-0.05, 0) is 35.1 Å². The molecule has 2 aromatic carbocycles. The van der Waals surface area contributed by atoms with E-state index in [1.807, 2.05) is 31.2 Å². The fraction of sp³-hybridized carbons (Fsp3) is 0.696. The van der Waals surface area contributed by atoms with Gasteiger partial charge in [-0.2, -0.15) is 0 Å². The first-order valence-corrected chi connectivity index (χ1v) is 22.1. The van der Waals surface area contributed by atoms with Crippen molar-refractivity contribution >= 4 is 12.1 Å². The molecule has 0 saturated carbocycles. The number of ether oxygens (including phenoxy) is 12. The van der Waals surface area contributed by atoms with Crippen molar-refractivity contribution in [3.8, 4) is 11.1 Å². The molecule has 0 radical (unpaired) electrons. The minimum absolute atomic E-state index is 0.0104. The van der Waals surface area contributed by atoms with Crippen molar-refractivity contribution in [1.82, 2.24) is 4.90 Å². The van der Waals surface area contributed by atoms with Gasteiger partial charge >= 0.3 is 12.1 Å². The average molecular weight is 864 g/mol. The third-order valence-electron chi connectivity index (χ3n) is 9.77. The molecular formula is C46H73NO14. The van der Waals surface area contributed by atoms with Crippen LogP contribution in [0.2, 0.25) is 0 Å². The number of unbranched alkanes of at least 4 members (excludes halogenated alkanes) is 1. The van der Waals surface area contributed by atoms with Gasteiger partial charge in [-0.15, -0.1) is 0 Å². The number of carbonyl (C=O) groups excluding carboxylic acids is 2. The maximum absolute atomic E-state index is 12.6. The summed E-state index contributed by atoms with van der Waals surface area (Å²) in [4.78, 5) is 26.2. The molecule has 15 heteroatoms. The Hall–Kier alpha value is -3.22. The van der Waals surface area contributed by atoms with Gasteiger partial charge in [-0.1, -0.05) is 75.2 Å². The Morgan fingerprint density at radius 1 is 0.508 bits per heavy atom. The van der Waals surface area contributed by atoms with Gasteiger partial charge in [-0.3, -0.25) is 4.79 Å². The first-order chi connectivity index (χ1) is 30.1. The molecule has 0 aromatic heterocycles. The number of carbonyl (C=O) groups is 2. The van der Waals surface area contributed by atoms with E-state index in [-0.39, 0.29) is 30.5 Å². The summed E-state index contributed by atoms with van der Waals surface area (Å²) in [5, 5.41) is 0. The number of rotatable bonds is 40. The normalized spacial score (nSPS) is 12.6. The largest absolute Gasteiger partial charge is 0.463 e. The average Bonchev–Trinajstić information content (AvgIpc) is 3.60. The Balaban J connectivity index is 0.954. The summed E-state index contributed by atoms with van der Waals surface area (Å²) in [5.41, 5.74) is 4.79. The van der Waals surface area contributed by atoms with E-state index in [2.05, 4.69) is 31.2 Å². The molecule has 346 valence electrons. The molecule has 0 fully saturated rings. The highest BCUT2D eigenvalue weighted by molar-refractivity contribution is 5.79. The number of likely N-dealkylation sites (N-methyl/N-ethyl adjacent to an activating group) is 1. The Bertz CT molecular complexity index is 1350. The topological polar surface area (TPSA) is 148 Å². The first kappa shape index (κ1) is 52.1. The second-order valence-corrected chi connectivity index (χ2v) is 14.3.